The molecule has 3 saturated heterocycles. The Bertz CT molecular complexity index is 409. The fourth-order valence-corrected chi connectivity index (χ4v) is 3.62. The Kier molecular flexibility index (Phi) is 2.49. The molecule has 6 heteroatoms. The molecule has 1 aliphatic carbocycles. The molecule has 3 fully saturated rings. The molecule has 3 heterocycles. The van der Waals surface area contributed by atoms with Crippen LogP contribution in [0.25, 0.3) is 0 Å². The first-order valence-electron chi connectivity index (χ1n) is 6.30. The molecule has 4 aliphatic rings. The van der Waals surface area contributed by atoms with E-state index in [2.05, 4.69) is 5.32 Å². The van der Waals surface area contributed by atoms with Crippen molar-refractivity contribution in [2.75, 3.05) is 25.4 Å². The van der Waals surface area contributed by atoms with Gasteiger partial charge in [-0.2, -0.15) is 0 Å². The van der Waals surface area contributed by atoms with E-state index in [1.165, 1.54) is 0 Å². The van der Waals surface area contributed by atoms with Gasteiger partial charge < -0.3 is 19.5 Å². The molecule has 3 aliphatic heterocycles. The van der Waals surface area contributed by atoms with Crippen molar-refractivity contribution < 1.29 is 19.0 Å². The van der Waals surface area contributed by atoms with E-state index in [0.717, 1.165) is 12.3 Å². The van der Waals surface area contributed by atoms with Crippen molar-refractivity contribution >= 4 is 17.7 Å². The van der Waals surface area contributed by atoms with Crippen LogP contribution < -0.4 is 5.32 Å². The maximum Gasteiger partial charge on any atom is 0.320 e. The van der Waals surface area contributed by atoms with Crippen LogP contribution in [0.15, 0.2) is 12.2 Å². The molecule has 4 rings (SSSR count). The summed E-state index contributed by atoms with van der Waals surface area (Å²) in [5.41, 5.74) is -0.389. The van der Waals surface area contributed by atoms with Crippen LogP contribution in [0.4, 0.5) is 0 Å². The highest BCUT2D eigenvalue weighted by atomic mass is 32.2. The highest BCUT2D eigenvalue weighted by Gasteiger charge is 2.68. The topological polar surface area (TPSA) is 63.4 Å². The minimum absolute atomic E-state index is 0.0788. The monoisotopic (exact) mass is 269 g/mol. The van der Waals surface area contributed by atoms with Gasteiger partial charge in [0, 0.05) is 18.8 Å². The summed E-state index contributed by atoms with van der Waals surface area (Å²) in [6, 6.07) is 0. The molecular formula is C12H15NO4S. The summed E-state index contributed by atoms with van der Waals surface area (Å²) >= 11 is 1.66. The van der Waals surface area contributed by atoms with Gasteiger partial charge in [-0.3, -0.25) is 4.79 Å². The molecule has 0 aromatic rings. The summed E-state index contributed by atoms with van der Waals surface area (Å²) in [6.45, 7) is 1.98. The molecule has 98 valence electrons. The minimum atomic E-state index is -0.389. The molecule has 1 N–H and O–H groups in total. The van der Waals surface area contributed by atoms with Crippen molar-refractivity contribution in [1.29, 1.82) is 0 Å². The zero-order chi connectivity index (χ0) is 12.2. The van der Waals surface area contributed by atoms with Crippen LogP contribution >= 0.6 is 11.8 Å². The maximum atomic E-state index is 11.9. The molecule has 0 amide bonds. The molecule has 0 aromatic carbocycles. The summed E-state index contributed by atoms with van der Waals surface area (Å²) in [5, 5.41) is 3.12. The summed E-state index contributed by atoms with van der Waals surface area (Å²) in [5.74, 6) is 0.824. The van der Waals surface area contributed by atoms with Crippen molar-refractivity contribution in [1.82, 2.24) is 5.32 Å². The highest BCUT2D eigenvalue weighted by molar-refractivity contribution is 8.00. The smallest absolute Gasteiger partial charge is 0.320 e. The molecule has 0 saturated carbocycles. The molecule has 0 bridgehead atoms. The number of rotatable bonds is 3. The van der Waals surface area contributed by atoms with Crippen molar-refractivity contribution in [3.05, 3.63) is 12.2 Å². The summed E-state index contributed by atoms with van der Waals surface area (Å²) < 4.78 is 16.5. The zero-order valence-electron chi connectivity index (χ0n) is 9.83. The van der Waals surface area contributed by atoms with Gasteiger partial charge in [0.2, 0.25) is 0 Å². The van der Waals surface area contributed by atoms with Crippen LogP contribution in [0.3, 0.4) is 0 Å². The first-order chi connectivity index (χ1) is 8.78. The van der Waals surface area contributed by atoms with Crippen molar-refractivity contribution in [3.8, 4) is 0 Å². The van der Waals surface area contributed by atoms with Gasteiger partial charge in [-0.15, -0.1) is 11.8 Å². The van der Waals surface area contributed by atoms with E-state index < -0.39 is 0 Å². The predicted molar refractivity (Wildman–Crippen MR) is 65.5 cm³/mol. The second kappa shape index (κ2) is 3.96. The molecule has 18 heavy (non-hydrogen) atoms. The number of nitrogens with one attached hydrogen (secondary N) is 1. The number of ether oxygens (including phenoxy) is 3. The second-order valence-electron chi connectivity index (χ2n) is 5.09. The van der Waals surface area contributed by atoms with E-state index in [9.17, 15) is 4.79 Å². The third kappa shape index (κ3) is 1.79. The summed E-state index contributed by atoms with van der Waals surface area (Å²) in [6.07, 6.45) is 4.53. The normalized spacial score (nSPS) is 48.0. The van der Waals surface area contributed by atoms with Gasteiger partial charge in [-0.05, 0) is 6.08 Å². The Balaban J connectivity index is 1.32. The number of fused-ring (bicyclic) bond motifs is 3. The van der Waals surface area contributed by atoms with E-state index in [1.54, 1.807) is 11.8 Å². The third-order valence-corrected chi connectivity index (χ3v) is 5.03. The number of esters is 1. The second-order valence-corrected chi connectivity index (χ2v) is 6.40. The Morgan fingerprint density at radius 2 is 2.56 bits per heavy atom. The third-order valence-electron chi connectivity index (χ3n) is 3.83. The Hall–Kier alpha value is -0.560. The lowest BCUT2D eigenvalue weighted by molar-refractivity contribution is -0.144. The van der Waals surface area contributed by atoms with E-state index in [-0.39, 0.29) is 35.1 Å². The number of hydrogen-bond acceptors (Lipinski definition) is 6. The Labute approximate surface area is 109 Å². The first-order valence-corrected chi connectivity index (χ1v) is 7.35. The number of carbonyl (C=O) groups excluding carboxylic acids is 1. The lowest BCUT2D eigenvalue weighted by Gasteiger charge is -2.21. The number of carbonyl (C=O) groups is 1. The fraction of sp³-hybridized carbons (Fsp3) is 0.750. The van der Waals surface area contributed by atoms with E-state index >= 15 is 0 Å². The minimum Gasteiger partial charge on any atom is -0.461 e. The van der Waals surface area contributed by atoms with Crippen LogP contribution in [0.1, 0.15) is 0 Å². The fourth-order valence-electron chi connectivity index (χ4n) is 2.63. The zero-order valence-corrected chi connectivity index (χ0v) is 10.7. The first kappa shape index (κ1) is 11.3. The summed E-state index contributed by atoms with van der Waals surface area (Å²) in [4.78, 5) is 11.9. The lowest BCUT2D eigenvalue weighted by atomic mass is 9.97. The molecule has 5 atom stereocenters. The molecule has 0 radical (unpaired) electrons. The average molecular weight is 269 g/mol. The SMILES string of the molecule is O=C(OC[C@]12C=C[C@@H]3O[C@@H]3[C@H]1O2)[C@H]1CNCCS1. The number of thioether (sulfide) groups is 1. The molecule has 0 unspecified atom stereocenters. The standard InChI is InChI=1S/C12H15NO4S/c14-11(8-5-13-3-4-18-8)15-6-12-2-1-7-9(16-7)10(12)17-12/h1-2,7-10,13H,3-6H2/t7-,8+,9-,10+,12+/m0/s1. The van der Waals surface area contributed by atoms with Crippen LogP contribution in [0.5, 0.6) is 0 Å². The quantitative estimate of drug-likeness (QED) is 0.431. The average Bonchev–Trinajstić information content (AvgIpc) is 3.28. The molecule has 5 nitrogen and oxygen atoms in total. The van der Waals surface area contributed by atoms with Gasteiger partial charge >= 0.3 is 5.97 Å². The van der Waals surface area contributed by atoms with Gasteiger partial charge in [-0.25, -0.2) is 0 Å². The van der Waals surface area contributed by atoms with Gasteiger partial charge in [0.25, 0.3) is 0 Å². The maximum absolute atomic E-state index is 11.9. The number of hydrogen-bond donors (Lipinski definition) is 1. The largest absolute Gasteiger partial charge is 0.461 e. The van der Waals surface area contributed by atoms with Crippen LogP contribution in [-0.4, -0.2) is 60.6 Å². The van der Waals surface area contributed by atoms with Gasteiger partial charge in [0.1, 0.15) is 35.8 Å². The van der Waals surface area contributed by atoms with E-state index in [0.29, 0.717) is 13.2 Å². The number of epoxide rings is 2. The highest BCUT2D eigenvalue weighted by Crippen LogP contribution is 2.52. The predicted octanol–water partition coefficient (Wildman–Crippen LogP) is -0.291. The van der Waals surface area contributed by atoms with Gasteiger partial charge in [-0.1, -0.05) is 6.08 Å². The lowest BCUT2D eigenvalue weighted by Crippen LogP contribution is -2.39. The molecule has 0 spiro atoms. The molecular weight excluding hydrogens is 254 g/mol. The van der Waals surface area contributed by atoms with Crippen molar-refractivity contribution in [2.45, 2.75) is 29.2 Å². The summed E-state index contributed by atoms with van der Waals surface area (Å²) in [7, 11) is 0. The van der Waals surface area contributed by atoms with Gasteiger partial charge in [0.05, 0.1) is 0 Å². The van der Waals surface area contributed by atoms with Crippen LogP contribution in [0, 0.1) is 0 Å². The Morgan fingerprint density at radius 3 is 3.39 bits per heavy atom. The van der Waals surface area contributed by atoms with Crippen LogP contribution in [-0.2, 0) is 19.0 Å². The van der Waals surface area contributed by atoms with E-state index in [4.69, 9.17) is 14.2 Å². The molecule has 0 aromatic heterocycles. The van der Waals surface area contributed by atoms with Crippen LogP contribution in [0.2, 0.25) is 0 Å². The van der Waals surface area contributed by atoms with Crippen molar-refractivity contribution in [3.63, 3.8) is 0 Å². The Morgan fingerprint density at radius 1 is 1.61 bits per heavy atom. The van der Waals surface area contributed by atoms with Crippen molar-refractivity contribution in [2.24, 2.45) is 0 Å². The van der Waals surface area contributed by atoms with E-state index in [1.807, 2.05) is 12.2 Å². The van der Waals surface area contributed by atoms with Gasteiger partial charge in [0.15, 0.2) is 0 Å².